The first-order valence-corrected chi connectivity index (χ1v) is 11.9. The van der Waals surface area contributed by atoms with Crippen molar-refractivity contribution < 1.29 is 28.9 Å². The molecule has 3 aromatic rings. The molecule has 0 spiro atoms. The predicted molar refractivity (Wildman–Crippen MR) is 136 cm³/mol. The van der Waals surface area contributed by atoms with E-state index in [1.165, 1.54) is 4.90 Å². The lowest BCUT2D eigenvalue weighted by Gasteiger charge is -2.25. The van der Waals surface area contributed by atoms with Gasteiger partial charge in [0.05, 0.1) is 17.7 Å². The lowest BCUT2D eigenvalue weighted by Crippen LogP contribution is -2.29. The number of aryl methyl sites for hydroxylation is 1. The smallest absolute Gasteiger partial charge is 0.300 e. The van der Waals surface area contributed by atoms with Crippen molar-refractivity contribution in [3.05, 3.63) is 87.9 Å². The van der Waals surface area contributed by atoms with E-state index in [0.717, 1.165) is 5.56 Å². The quantitative estimate of drug-likeness (QED) is 0.268. The molecule has 2 aliphatic rings. The van der Waals surface area contributed by atoms with Crippen LogP contribution in [-0.4, -0.2) is 29.7 Å². The van der Waals surface area contributed by atoms with Gasteiger partial charge in [-0.1, -0.05) is 23.7 Å². The zero-order valence-electron chi connectivity index (χ0n) is 19.9. The molecule has 0 aromatic heterocycles. The summed E-state index contributed by atoms with van der Waals surface area (Å²) in [7, 11) is 0. The lowest BCUT2D eigenvalue weighted by molar-refractivity contribution is -0.132. The highest BCUT2D eigenvalue weighted by atomic mass is 35.5. The van der Waals surface area contributed by atoms with E-state index in [4.69, 9.17) is 25.8 Å². The van der Waals surface area contributed by atoms with Crippen LogP contribution in [-0.2, 0) is 9.59 Å². The first kappa shape index (κ1) is 23.8. The molecule has 2 heterocycles. The van der Waals surface area contributed by atoms with Crippen LogP contribution in [0.2, 0.25) is 5.02 Å². The van der Waals surface area contributed by atoms with Gasteiger partial charge in [-0.05, 0) is 74.4 Å². The minimum Gasteiger partial charge on any atom is -0.507 e. The third-order valence-electron chi connectivity index (χ3n) is 6.08. The number of ketones is 1. The lowest BCUT2D eigenvalue weighted by atomic mass is 9.94. The molecule has 3 aromatic carbocycles. The fourth-order valence-electron chi connectivity index (χ4n) is 4.43. The van der Waals surface area contributed by atoms with Crippen LogP contribution in [0.4, 0.5) is 5.69 Å². The summed E-state index contributed by atoms with van der Waals surface area (Å²) in [6.45, 7) is 5.79. The molecule has 36 heavy (non-hydrogen) atoms. The number of hydrogen-bond donors (Lipinski definition) is 1. The van der Waals surface area contributed by atoms with Gasteiger partial charge < -0.3 is 19.3 Å². The number of fused-ring (bicyclic) bond motifs is 1. The highest BCUT2D eigenvalue weighted by Gasteiger charge is 2.47. The minimum absolute atomic E-state index is 0.0138. The first-order chi connectivity index (χ1) is 17.2. The predicted octanol–water partition coefficient (Wildman–Crippen LogP) is 5.79. The zero-order valence-corrected chi connectivity index (χ0v) is 20.7. The third kappa shape index (κ3) is 4.16. The number of anilines is 1. The van der Waals surface area contributed by atoms with Crippen LogP contribution in [0.25, 0.3) is 5.76 Å². The number of aliphatic hydroxyl groups is 1. The Labute approximate surface area is 213 Å². The topological polar surface area (TPSA) is 85.3 Å². The normalized spacial score (nSPS) is 18.2. The molecule has 1 atom stereocenters. The summed E-state index contributed by atoms with van der Waals surface area (Å²) in [5.41, 5.74) is 2.25. The zero-order chi connectivity index (χ0) is 25.6. The van der Waals surface area contributed by atoms with Crippen LogP contribution < -0.4 is 19.1 Å². The molecule has 1 saturated heterocycles. The summed E-state index contributed by atoms with van der Waals surface area (Å²) >= 11 is 6.10. The van der Waals surface area contributed by atoms with Gasteiger partial charge in [0.15, 0.2) is 11.5 Å². The molecular formula is C28H24ClNO6. The fraction of sp³-hybridized carbons (Fsp3) is 0.214. The molecule has 0 aliphatic carbocycles. The molecule has 8 heteroatoms. The Morgan fingerprint density at radius 1 is 1.03 bits per heavy atom. The number of amides is 1. The Morgan fingerprint density at radius 2 is 1.75 bits per heavy atom. The molecular weight excluding hydrogens is 482 g/mol. The van der Waals surface area contributed by atoms with Crippen LogP contribution in [0.1, 0.15) is 36.6 Å². The van der Waals surface area contributed by atoms with Crippen molar-refractivity contribution in [2.45, 2.75) is 32.9 Å². The number of ether oxygens (including phenoxy) is 3. The Morgan fingerprint density at radius 3 is 2.44 bits per heavy atom. The van der Waals surface area contributed by atoms with Crippen LogP contribution in [0, 0.1) is 6.92 Å². The Bertz CT molecular complexity index is 1400. The second-order valence-electron chi connectivity index (χ2n) is 8.91. The van der Waals surface area contributed by atoms with Gasteiger partial charge in [0.25, 0.3) is 11.7 Å². The van der Waals surface area contributed by atoms with E-state index in [0.29, 0.717) is 39.1 Å². The summed E-state index contributed by atoms with van der Waals surface area (Å²) in [6, 6.07) is 16.1. The molecule has 2 aliphatic heterocycles. The van der Waals surface area contributed by atoms with Crippen molar-refractivity contribution in [1.82, 2.24) is 0 Å². The van der Waals surface area contributed by atoms with Crippen molar-refractivity contribution in [2.24, 2.45) is 0 Å². The molecule has 1 amide bonds. The van der Waals surface area contributed by atoms with E-state index >= 15 is 0 Å². The molecule has 7 nitrogen and oxygen atoms in total. The van der Waals surface area contributed by atoms with Gasteiger partial charge in [-0.3, -0.25) is 14.5 Å². The van der Waals surface area contributed by atoms with Crippen LogP contribution in [0.15, 0.2) is 66.2 Å². The van der Waals surface area contributed by atoms with Crippen LogP contribution in [0.5, 0.6) is 17.2 Å². The summed E-state index contributed by atoms with van der Waals surface area (Å²) in [5, 5.41) is 11.9. The standard InChI is InChI=1S/C28H24ClNO6/c1-15(2)36-21-10-6-18(12-16(21)3)26(31)24-25(17-4-7-19(29)8-5-17)30(28(33)27(24)32)20-9-11-22-23(13-20)35-14-34-22/h4-13,15,25,31H,14H2,1-3H3/b26-24+. The Hall–Kier alpha value is -3.97. The second-order valence-corrected chi connectivity index (χ2v) is 9.34. The summed E-state index contributed by atoms with van der Waals surface area (Å²) < 4.78 is 16.7. The van der Waals surface area contributed by atoms with Gasteiger partial charge in [0.1, 0.15) is 11.5 Å². The number of aliphatic hydroxyl groups excluding tert-OH is 1. The average molecular weight is 506 g/mol. The number of nitrogens with zero attached hydrogens (tertiary/aromatic N) is 1. The largest absolute Gasteiger partial charge is 0.507 e. The van der Waals surface area contributed by atoms with Gasteiger partial charge in [0.2, 0.25) is 6.79 Å². The van der Waals surface area contributed by atoms with E-state index in [1.54, 1.807) is 60.7 Å². The highest BCUT2D eigenvalue weighted by molar-refractivity contribution is 6.51. The van der Waals surface area contributed by atoms with Crippen molar-refractivity contribution in [1.29, 1.82) is 0 Å². The van der Waals surface area contributed by atoms with Crippen molar-refractivity contribution in [3.8, 4) is 17.2 Å². The molecule has 0 saturated carbocycles. The molecule has 0 bridgehead atoms. The minimum atomic E-state index is -0.880. The maximum Gasteiger partial charge on any atom is 0.300 e. The number of carbonyl (C=O) groups is 2. The summed E-state index contributed by atoms with van der Waals surface area (Å²) in [6.07, 6.45) is -0.0138. The highest BCUT2D eigenvalue weighted by Crippen LogP contribution is 2.45. The van der Waals surface area contributed by atoms with Gasteiger partial charge >= 0.3 is 0 Å². The van der Waals surface area contributed by atoms with E-state index in [9.17, 15) is 14.7 Å². The number of benzene rings is 3. The average Bonchev–Trinajstić information content (AvgIpc) is 3.42. The number of Topliss-reactive ketones (excluding diaryl/α,β-unsaturated/α-hetero) is 1. The van der Waals surface area contributed by atoms with Gasteiger partial charge in [-0.25, -0.2) is 0 Å². The number of halogens is 1. The van der Waals surface area contributed by atoms with Gasteiger partial charge in [0, 0.05) is 22.3 Å². The van der Waals surface area contributed by atoms with E-state index in [2.05, 4.69) is 0 Å². The first-order valence-electron chi connectivity index (χ1n) is 11.5. The van der Waals surface area contributed by atoms with Crippen LogP contribution in [0.3, 0.4) is 0 Å². The number of hydrogen-bond acceptors (Lipinski definition) is 6. The van der Waals surface area contributed by atoms with Crippen molar-refractivity contribution in [2.75, 3.05) is 11.7 Å². The summed E-state index contributed by atoms with van der Waals surface area (Å²) in [4.78, 5) is 28.1. The third-order valence-corrected chi connectivity index (χ3v) is 6.33. The Kier molecular flexibility index (Phi) is 6.10. The van der Waals surface area contributed by atoms with E-state index in [-0.39, 0.29) is 24.2 Å². The van der Waals surface area contributed by atoms with Crippen molar-refractivity contribution in [3.63, 3.8) is 0 Å². The maximum absolute atomic E-state index is 13.4. The van der Waals surface area contributed by atoms with Crippen molar-refractivity contribution >= 4 is 34.7 Å². The van der Waals surface area contributed by atoms with E-state index < -0.39 is 17.7 Å². The van der Waals surface area contributed by atoms with Gasteiger partial charge in [-0.2, -0.15) is 0 Å². The molecule has 0 radical (unpaired) electrons. The van der Waals surface area contributed by atoms with Crippen LogP contribution >= 0.6 is 11.6 Å². The molecule has 1 N–H and O–H groups in total. The molecule has 1 fully saturated rings. The van der Waals surface area contributed by atoms with Gasteiger partial charge in [-0.15, -0.1) is 0 Å². The Balaban J connectivity index is 1.66. The maximum atomic E-state index is 13.4. The molecule has 5 rings (SSSR count). The monoisotopic (exact) mass is 505 g/mol. The fourth-order valence-corrected chi connectivity index (χ4v) is 4.56. The van der Waals surface area contributed by atoms with E-state index in [1.807, 2.05) is 20.8 Å². The molecule has 1 unspecified atom stereocenters. The summed E-state index contributed by atoms with van der Waals surface area (Å²) in [5.74, 6) is -0.109. The second kappa shape index (κ2) is 9.24. The molecule has 184 valence electrons. The number of rotatable bonds is 5. The SMILES string of the molecule is Cc1cc(/C(O)=C2\C(=O)C(=O)N(c3ccc4c(c3)OCO4)C2c2ccc(Cl)cc2)ccc1OC(C)C. The number of carbonyl (C=O) groups excluding carboxylic acids is 2.